The van der Waals surface area contributed by atoms with Gasteiger partial charge in [0.25, 0.3) is 0 Å². The molecule has 1 aromatic carbocycles. The highest BCUT2D eigenvalue weighted by molar-refractivity contribution is 7.99. The Hall–Kier alpha value is -3.10. The molecule has 1 heterocycles. The molecular formula is C17H15F6N5O3S. The fourth-order valence-electron chi connectivity index (χ4n) is 2.13. The van der Waals surface area contributed by atoms with Crippen LogP contribution in [0.2, 0.25) is 0 Å². The van der Waals surface area contributed by atoms with E-state index in [2.05, 4.69) is 20.4 Å². The van der Waals surface area contributed by atoms with E-state index >= 15 is 0 Å². The summed E-state index contributed by atoms with van der Waals surface area (Å²) >= 11 is 0.629. The monoisotopic (exact) mass is 483 g/mol. The van der Waals surface area contributed by atoms with Gasteiger partial charge in [0.1, 0.15) is 5.76 Å². The summed E-state index contributed by atoms with van der Waals surface area (Å²) in [6.07, 6.45) is -9.28. The van der Waals surface area contributed by atoms with E-state index in [9.17, 15) is 36.2 Å². The van der Waals surface area contributed by atoms with Gasteiger partial charge in [-0.1, -0.05) is 11.8 Å². The van der Waals surface area contributed by atoms with Crippen molar-refractivity contribution in [3.63, 3.8) is 0 Å². The number of benzene rings is 1. The summed E-state index contributed by atoms with van der Waals surface area (Å²) in [5.41, 5.74) is -1.64. The van der Waals surface area contributed by atoms with Crippen molar-refractivity contribution in [3.05, 3.63) is 47.1 Å². The summed E-state index contributed by atoms with van der Waals surface area (Å²) in [5.74, 6) is -3.48. The minimum Gasteiger partial charge on any atom is -0.509 e. The lowest BCUT2D eigenvalue weighted by Crippen LogP contribution is -2.13. The molecule has 0 atom stereocenters. The lowest BCUT2D eigenvalue weighted by atomic mass is 10.2. The first-order chi connectivity index (χ1) is 14.8. The first-order valence-corrected chi connectivity index (χ1v) is 9.60. The van der Waals surface area contributed by atoms with Gasteiger partial charge in [-0.2, -0.15) is 31.5 Å². The molecule has 0 radical (unpaired) electrons. The normalized spacial score (nSPS) is 13.4. The number of halogens is 6. The molecule has 174 valence electrons. The Bertz CT molecular complexity index is 1020. The number of alkyl halides is 6. The molecule has 0 amide bonds. The number of azo groups is 1. The molecule has 0 aliphatic rings. The van der Waals surface area contributed by atoms with Gasteiger partial charge < -0.3 is 14.4 Å². The van der Waals surface area contributed by atoms with Crippen LogP contribution < -0.4 is 0 Å². The van der Waals surface area contributed by atoms with Gasteiger partial charge in [0.2, 0.25) is 11.5 Å². The number of hydrogen-bond acceptors (Lipinski definition) is 8. The van der Waals surface area contributed by atoms with Crippen molar-refractivity contribution in [1.82, 2.24) is 14.8 Å². The molecule has 2 aromatic rings. The third-order valence-electron chi connectivity index (χ3n) is 3.63. The van der Waals surface area contributed by atoms with Crippen LogP contribution in [0.4, 0.5) is 32.0 Å². The topological polar surface area (TPSA) is 102 Å². The Balaban J connectivity index is 2.24. The highest BCUT2D eigenvalue weighted by Crippen LogP contribution is 2.31. The summed E-state index contributed by atoms with van der Waals surface area (Å²) in [6.45, 7) is 1.39. The van der Waals surface area contributed by atoms with Crippen molar-refractivity contribution < 1.29 is 41.0 Å². The predicted octanol–water partition coefficient (Wildman–Crippen LogP) is 5.06. The van der Waals surface area contributed by atoms with E-state index in [4.69, 9.17) is 4.74 Å². The summed E-state index contributed by atoms with van der Waals surface area (Å²) in [4.78, 5) is 12.1. The van der Waals surface area contributed by atoms with Crippen molar-refractivity contribution in [3.8, 4) is 0 Å². The Morgan fingerprint density at radius 3 is 2.25 bits per heavy atom. The molecule has 8 nitrogen and oxygen atoms in total. The van der Waals surface area contributed by atoms with Gasteiger partial charge in [-0.15, -0.1) is 15.3 Å². The van der Waals surface area contributed by atoms with Gasteiger partial charge in [-0.3, -0.25) is 0 Å². The predicted molar refractivity (Wildman–Crippen MR) is 99.0 cm³/mol. The van der Waals surface area contributed by atoms with Gasteiger partial charge in [0.05, 0.1) is 23.6 Å². The van der Waals surface area contributed by atoms with Crippen molar-refractivity contribution in [2.75, 3.05) is 12.4 Å². The zero-order valence-corrected chi connectivity index (χ0v) is 17.2. The van der Waals surface area contributed by atoms with Crippen LogP contribution in [-0.4, -0.2) is 38.2 Å². The number of thioether (sulfide) groups is 1. The Labute approximate surface area is 181 Å². The smallest absolute Gasteiger partial charge is 0.451 e. The second-order valence-corrected chi connectivity index (χ2v) is 6.85. The zero-order chi connectivity index (χ0) is 24.1. The van der Waals surface area contributed by atoms with Crippen LogP contribution in [0.15, 0.2) is 51.1 Å². The second-order valence-electron chi connectivity index (χ2n) is 5.91. The van der Waals surface area contributed by atoms with E-state index in [-0.39, 0.29) is 17.5 Å². The van der Waals surface area contributed by atoms with Gasteiger partial charge in [0.15, 0.2) is 5.16 Å². The van der Waals surface area contributed by atoms with Crippen LogP contribution in [0.3, 0.4) is 0 Å². The number of nitrogens with zero attached hydrogens (tertiary/aromatic N) is 5. The van der Waals surface area contributed by atoms with Gasteiger partial charge in [-0.05, 0) is 31.2 Å². The summed E-state index contributed by atoms with van der Waals surface area (Å²) in [5, 5.41) is 23.6. The number of rotatable bonds is 7. The molecule has 0 spiro atoms. The molecule has 0 bridgehead atoms. The zero-order valence-electron chi connectivity index (χ0n) is 16.4. The highest BCUT2D eigenvalue weighted by atomic mass is 32.2. The maximum Gasteiger partial charge on any atom is 0.451 e. The minimum atomic E-state index is -4.73. The van der Waals surface area contributed by atoms with E-state index in [1.54, 1.807) is 0 Å². The van der Waals surface area contributed by atoms with Crippen LogP contribution in [0.25, 0.3) is 0 Å². The van der Waals surface area contributed by atoms with Gasteiger partial charge in [0, 0.05) is 7.05 Å². The standard InChI is InChI=1S/C17H15F6N5O3S/c1-3-31-13(30)12(25-24-10-6-4-9(5-7-10)16(18,19)20)11(29)8-32-15-27-26-14(28(15)2)17(21,22)23/h4-7,29H,3,8H2,1-2H3/b12-11-,25-24?. The lowest BCUT2D eigenvalue weighted by molar-refractivity contribution is -0.147. The fraction of sp³-hybridized carbons (Fsp3) is 0.353. The maximum absolute atomic E-state index is 12.8. The van der Waals surface area contributed by atoms with E-state index in [0.29, 0.717) is 16.3 Å². The van der Waals surface area contributed by atoms with E-state index in [1.807, 2.05) is 0 Å². The Morgan fingerprint density at radius 1 is 1.12 bits per heavy atom. The van der Waals surface area contributed by atoms with Crippen LogP contribution in [-0.2, 0) is 28.9 Å². The number of ether oxygens (including phenoxy) is 1. The molecule has 15 heteroatoms. The van der Waals surface area contributed by atoms with Crippen LogP contribution in [0, 0.1) is 0 Å². The first-order valence-electron chi connectivity index (χ1n) is 8.62. The largest absolute Gasteiger partial charge is 0.509 e. The quantitative estimate of drug-likeness (QED) is 0.148. The first kappa shape index (κ1) is 25.2. The third-order valence-corrected chi connectivity index (χ3v) is 4.66. The maximum atomic E-state index is 12.8. The molecule has 1 aromatic heterocycles. The molecule has 0 fully saturated rings. The van der Waals surface area contributed by atoms with E-state index in [1.165, 1.54) is 6.92 Å². The number of carbonyl (C=O) groups excluding carboxylic acids is 1. The highest BCUT2D eigenvalue weighted by Gasteiger charge is 2.37. The van der Waals surface area contributed by atoms with E-state index in [0.717, 1.165) is 31.3 Å². The van der Waals surface area contributed by atoms with Crippen LogP contribution >= 0.6 is 11.8 Å². The van der Waals surface area contributed by atoms with E-state index < -0.39 is 46.9 Å². The number of aliphatic hydroxyl groups is 1. The SMILES string of the molecule is CCOC(=O)/C(N=Nc1ccc(C(F)(F)F)cc1)=C(/O)CSc1nnc(C(F)(F)F)n1C. The van der Waals surface area contributed by atoms with Crippen molar-refractivity contribution >= 4 is 23.4 Å². The Kier molecular flexibility index (Phi) is 7.87. The fourth-order valence-corrected chi connectivity index (χ4v) is 2.91. The average Bonchev–Trinajstić information content (AvgIpc) is 3.07. The molecule has 2 rings (SSSR count). The minimum absolute atomic E-state index is 0.0524. The summed E-state index contributed by atoms with van der Waals surface area (Å²) < 4.78 is 81.6. The number of aliphatic hydroxyl groups excluding tert-OH is 1. The number of aromatic nitrogens is 3. The number of carbonyl (C=O) groups is 1. The molecule has 32 heavy (non-hydrogen) atoms. The van der Waals surface area contributed by atoms with Gasteiger partial charge in [-0.25, -0.2) is 4.79 Å². The van der Waals surface area contributed by atoms with Crippen LogP contribution in [0.5, 0.6) is 0 Å². The van der Waals surface area contributed by atoms with Crippen LogP contribution in [0.1, 0.15) is 18.3 Å². The third kappa shape index (κ3) is 6.45. The van der Waals surface area contributed by atoms with Crippen molar-refractivity contribution in [2.24, 2.45) is 17.3 Å². The van der Waals surface area contributed by atoms with Crippen molar-refractivity contribution in [1.29, 1.82) is 0 Å². The molecule has 1 N–H and O–H groups in total. The Morgan fingerprint density at radius 2 is 1.75 bits per heavy atom. The molecule has 0 aliphatic heterocycles. The number of hydrogen-bond donors (Lipinski definition) is 1. The summed E-state index contributed by atoms with van der Waals surface area (Å²) in [6, 6.07) is 3.51. The molecule has 0 saturated carbocycles. The summed E-state index contributed by atoms with van der Waals surface area (Å²) in [7, 11) is 1.07. The molecule has 0 unspecified atom stereocenters. The molecular weight excluding hydrogens is 468 g/mol. The molecule has 0 saturated heterocycles. The number of esters is 1. The molecule has 0 aliphatic carbocycles. The van der Waals surface area contributed by atoms with Gasteiger partial charge >= 0.3 is 18.3 Å². The average molecular weight is 483 g/mol. The van der Waals surface area contributed by atoms with Crippen molar-refractivity contribution in [2.45, 2.75) is 24.4 Å². The lowest BCUT2D eigenvalue weighted by Gasteiger charge is -2.07. The second kappa shape index (κ2) is 10.0.